The fraction of sp³-hybridized carbons (Fsp3) is 0.286. The van der Waals surface area contributed by atoms with Gasteiger partial charge in [0.1, 0.15) is 5.82 Å². The third-order valence-corrected chi connectivity index (χ3v) is 5.86. The summed E-state index contributed by atoms with van der Waals surface area (Å²) in [6.07, 6.45) is 7.83. The zero-order valence-electron chi connectivity index (χ0n) is 20.7. The van der Waals surface area contributed by atoms with Crippen LogP contribution in [0.15, 0.2) is 59.8 Å². The number of unbranched alkanes of at least 4 members (excludes halogenated alkanes) is 1. The Morgan fingerprint density at radius 3 is 2.47 bits per heavy atom. The first-order valence-electron chi connectivity index (χ1n) is 12.1. The number of rotatable bonds is 9. The van der Waals surface area contributed by atoms with Crippen molar-refractivity contribution in [3.63, 3.8) is 0 Å². The van der Waals surface area contributed by atoms with Crippen LogP contribution in [-0.4, -0.2) is 31.1 Å². The summed E-state index contributed by atoms with van der Waals surface area (Å²) in [6, 6.07) is 13.5. The predicted molar refractivity (Wildman–Crippen MR) is 137 cm³/mol. The van der Waals surface area contributed by atoms with Gasteiger partial charge in [0.05, 0.1) is 36.3 Å². The van der Waals surface area contributed by atoms with E-state index >= 15 is 0 Å². The third-order valence-electron chi connectivity index (χ3n) is 5.86. The lowest BCUT2D eigenvalue weighted by molar-refractivity contribution is 0.337. The molecule has 0 aliphatic carbocycles. The van der Waals surface area contributed by atoms with E-state index in [0.29, 0.717) is 42.1 Å². The van der Waals surface area contributed by atoms with Gasteiger partial charge in [0.2, 0.25) is 5.95 Å². The summed E-state index contributed by atoms with van der Waals surface area (Å²) in [4.78, 5) is 31.8. The molecule has 0 atom stereocenters. The highest BCUT2D eigenvalue weighted by molar-refractivity contribution is 5.69. The predicted octanol–water partition coefficient (Wildman–Crippen LogP) is 4.60. The van der Waals surface area contributed by atoms with E-state index < -0.39 is 0 Å². The monoisotopic (exact) mass is 480 g/mol. The third kappa shape index (κ3) is 5.31. The van der Waals surface area contributed by atoms with Crippen LogP contribution >= 0.6 is 0 Å². The van der Waals surface area contributed by atoms with E-state index in [0.717, 1.165) is 35.4 Å². The van der Waals surface area contributed by atoms with Crippen molar-refractivity contribution in [2.24, 2.45) is 0 Å². The molecule has 0 fully saturated rings. The summed E-state index contributed by atoms with van der Waals surface area (Å²) in [5, 5.41) is 9.41. The van der Waals surface area contributed by atoms with Crippen LogP contribution in [0.3, 0.4) is 0 Å². The molecule has 4 aromatic rings. The molecule has 0 radical (unpaired) electrons. The summed E-state index contributed by atoms with van der Waals surface area (Å²) in [7, 11) is 0. The molecule has 182 valence electrons. The fourth-order valence-electron chi connectivity index (χ4n) is 4.05. The fourth-order valence-corrected chi connectivity index (χ4v) is 4.05. The van der Waals surface area contributed by atoms with Gasteiger partial charge in [0, 0.05) is 35.0 Å². The van der Waals surface area contributed by atoms with Gasteiger partial charge in [-0.25, -0.2) is 19.5 Å². The molecule has 0 N–H and O–H groups in total. The van der Waals surface area contributed by atoms with E-state index in [2.05, 4.69) is 27.9 Å². The van der Waals surface area contributed by atoms with Gasteiger partial charge in [0.25, 0.3) is 5.56 Å². The maximum Gasteiger partial charge on any atom is 0.264 e. The molecule has 0 amide bonds. The molecular formula is C28H28N6O2. The van der Waals surface area contributed by atoms with Crippen LogP contribution in [0.1, 0.15) is 55.0 Å². The number of aryl methyl sites for hydroxylation is 2. The van der Waals surface area contributed by atoms with E-state index in [9.17, 15) is 10.1 Å². The van der Waals surface area contributed by atoms with Gasteiger partial charge in [-0.05, 0) is 38.8 Å². The molecule has 8 nitrogen and oxygen atoms in total. The Balaban J connectivity index is 1.72. The van der Waals surface area contributed by atoms with Crippen molar-refractivity contribution < 1.29 is 4.74 Å². The molecular weight excluding hydrogens is 452 g/mol. The molecule has 3 heterocycles. The van der Waals surface area contributed by atoms with Gasteiger partial charge in [-0.1, -0.05) is 37.6 Å². The molecule has 36 heavy (non-hydrogen) atoms. The molecule has 1 aromatic carbocycles. The molecule has 0 aliphatic rings. The Kier molecular flexibility index (Phi) is 7.81. The largest absolute Gasteiger partial charge is 0.491 e. The lowest BCUT2D eigenvalue weighted by Gasteiger charge is -2.14. The second kappa shape index (κ2) is 11.4. The van der Waals surface area contributed by atoms with E-state index in [1.165, 1.54) is 4.57 Å². The van der Waals surface area contributed by atoms with Gasteiger partial charge in [-0.3, -0.25) is 9.78 Å². The SMILES string of the molecule is CCCCc1nc(C)n(-c2ncc(OCC)cn2)c(=O)c1Cc1ccc(-c2ccccc2C#N)cn1. The number of hydrogen-bond acceptors (Lipinski definition) is 7. The lowest BCUT2D eigenvalue weighted by atomic mass is 10.0. The summed E-state index contributed by atoms with van der Waals surface area (Å²) in [6.45, 7) is 6.30. The Labute approximate surface area is 210 Å². The minimum absolute atomic E-state index is 0.196. The second-order valence-corrected chi connectivity index (χ2v) is 8.35. The zero-order chi connectivity index (χ0) is 25.5. The van der Waals surface area contributed by atoms with Crippen molar-refractivity contribution >= 4 is 0 Å². The topological polar surface area (TPSA) is 107 Å². The van der Waals surface area contributed by atoms with Crippen LogP contribution in [0.4, 0.5) is 0 Å². The molecule has 0 spiro atoms. The number of pyridine rings is 1. The van der Waals surface area contributed by atoms with Gasteiger partial charge in [0.15, 0.2) is 5.75 Å². The van der Waals surface area contributed by atoms with Crippen LogP contribution < -0.4 is 10.3 Å². The molecule has 0 aliphatic heterocycles. The maximum absolute atomic E-state index is 13.7. The Hall–Kier alpha value is -4.38. The molecule has 0 unspecified atom stereocenters. The molecule has 0 saturated carbocycles. The quantitative estimate of drug-likeness (QED) is 0.345. The average Bonchev–Trinajstić information content (AvgIpc) is 2.91. The number of hydrogen-bond donors (Lipinski definition) is 0. The van der Waals surface area contributed by atoms with Crippen molar-refractivity contribution in [3.05, 3.63) is 93.7 Å². The van der Waals surface area contributed by atoms with Crippen molar-refractivity contribution in [1.82, 2.24) is 24.5 Å². The Morgan fingerprint density at radius 2 is 1.81 bits per heavy atom. The minimum atomic E-state index is -0.196. The summed E-state index contributed by atoms with van der Waals surface area (Å²) < 4.78 is 6.87. The van der Waals surface area contributed by atoms with Crippen LogP contribution in [0.2, 0.25) is 0 Å². The Bertz CT molecular complexity index is 1440. The highest BCUT2D eigenvalue weighted by Crippen LogP contribution is 2.23. The van der Waals surface area contributed by atoms with Gasteiger partial charge < -0.3 is 4.74 Å². The van der Waals surface area contributed by atoms with Crippen molar-refractivity contribution in [2.75, 3.05) is 6.61 Å². The van der Waals surface area contributed by atoms with E-state index in [1.807, 2.05) is 37.3 Å². The van der Waals surface area contributed by atoms with Gasteiger partial charge in [-0.15, -0.1) is 0 Å². The first-order chi connectivity index (χ1) is 17.5. The van der Waals surface area contributed by atoms with Crippen LogP contribution in [-0.2, 0) is 12.8 Å². The van der Waals surface area contributed by atoms with Crippen molar-refractivity contribution in [2.45, 2.75) is 46.5 Å². The first-order valence-corrected chi connectivity index (χ1v) is 12.1. The standard InChI is InChI=1S/C28H28N6O2/c1-4-6-11-26-25(14-22-13-12-21(16-30-22)24-10-8-7-9-20(24)15-29)27(35)34(19(3)33-26)28-31-17-23(18-32-28)36-5-2/h7-10,12-13,16-18H,4-6,11,14H2,1-3H3. The van der Waals surface area contributed by atoms with E-state index in [1.54, 1.807) is 31.6 Å². The minimum Gasteiger partial charge on any atom is -0.491 e. The van der Waals surface area contributed by atoms with E-state index in [-0.39, 0.29) is 11.5 Å². The normalized spacial score (nSPS) is 10.7. The number of aromatic nitrogens is 5. The average molecular weight is 481 g/mol. The number of benzene rings is 1. The molecule has 0 saturated heterocycles. The molecule has 0 bridgehead atoms. The Morgan fingerprint density at radius 1 is 1.03 bits per heavy atom. The first kappa shape index (κ1) is 24.7. The van der Waals surface area contributed by atoms with Gasteiger partial charge in [-0.2, -0.15) is 5.26 Å². The van der Waals surface area contributed by atoms with Crippen LogP contribution in [0.5, 0.6) is 5.75 Å². The molecule has 4 rings (SSSR count). The zero-order valence-corrected chi connectivity index (χ0v) is 20.7. The highest BCUT2D eigenvalue weighted by atomic mass is 16.5. The summed E-state index contributed by atoms with van der Waals surface area (Å²) >= 11 is 0. The summed E-state index contributed by atoms with van der Waals surface area (Å²) in [5.74, 6) is 1.34. The molecule has 3 aromatic heterocycles. The van der Waals surface area contributed by atoms with Gasteiger partial charge >= 0.3 is 0 Å². The van der Waals surface area contributed by atoms with Crippen LogP contribution in [0.25, 0.3) is 17.1 Å². The number of nitriles is 1. The second-order valence-electron chi connectivity index (χ2n) is 8.35. The van der Waals surface area contributed by atoms with E-state index in [4.69, 9.17) is 9.72 Å². The van der Waals surface area contributed by atoms with Crippen LogP contribution in [0, 0.1) is 18.3 Å². The number of ether oxygens (including phenoxy) is 1. The smallest absolute Gasteiger partial charge is 0.264 e. The highest BCUT2D eigenvalue weighted by Gasteiger charge is 2.18. The van der Waals surface area contributed by atoms with Crippen molar-refractivity contribution in [1.29, 1.82) is 5.26 Å². The maximum atomic E-state index is 13.7. The summed E-state index contributed by atoms with van der Waals surface area (Å²) in [5.41, 5.74) is 4.19. The lowest BCUT2D eigenvalue weighted by Crippen LogP contribution is -2.29. The number of nitrogens with zero attached hydrogens (tertiary/aromatic N) is 6. The molecule has 8 heteroatoms. The van der Waals surface area contributed by atoms with Crippen molar-refractivity contribution in [3.8, 4) is 28.9 Å².